The quantitative estimate of drug-likeness (QED) is 0.686. The second kappa shape index (κ2) is 4.03. The molecule has 3 unspecified atom stereocenters. The highest BCUT2D eigenvalue weighted by Gasteiger charge is 2.69. The number of aliphatic hydroxyl groups is 1. The average molecular weight is 264 g/mol. The molecule has 2 aliphatic rings. The smallest absolute Gasteiger partial charge is 0.275 e. The Kier molecular flexibility index (Phi) is 3.46. The molecule has 0 aromatic carbocycles. The van der Waals surface area contributed by atoms with Gasteiger partial charge in [-0.25, -0.2) is 0 Å². The molecule has 0 spiro atoms. The zero-order valence-electron chi connectivity index (χ0n) is 10.6. The molecule has 2 bridgehead atoms. The summed E-state index contributed by atoms with van der Waals surface area (Å²) in [4.78, 5) is 12.0. The molecule has 0 saturated heterocycles. The number of hydrogen-bond donors (Lipinski definition) is 2. The Morgan fingerprint density at radius 2 is 1.71 bits per heavy atom. The third-order valence-corrected chi connectivity index (χ3v) is 5.98. The van der Waals surface area contributed by atoms with Crippen molar-refractivity contribution >= 4 is 15.9 Å². The maximum absolute atomic E-state index is 12.0. The van der Waals surface area contributed by atoms with E-state index in [0.29, 0.717) is 6.42 Å². The molecule has 0 aromatic rings. The summed E-state index contributed by atoms with van der Waals surface area (Å²) in [6.45, 7) is 5.67. The van der Waals surface area contributed by atoms with Gasteiger partial charge in [-0.15, -0.1) is 0 Å². The fraction of sp³-hybridized carbons (Fsp3) is 0.909. The first-order valence-corrected chi connectivity index (χ1v) is 7.08. The molecule has 0 radical (unpaired) electrons. The predicted molar refractivity (Wildman–Crippen MR) is 63.1 cm³/mol. The first-order valence-electron chi connectivity index (χ1n) is 5.58. The standard InChI is InChI=1S/C10H16O4S.CH4O/c1-9(2)6-4-5-10(9,3)8(11)7(6)15(12,13)14;1-2/h6-7H,4-5H2,1-3H3,(H,12,13,14);2H,1H3. The Morgan fingerprint density at radius 1 is 1.24 bits per heavy atom. The van der Waals surface area contributed by atoms with Crippen molar-refractivity contribution in [1.29, 1.82) is 0 Å². The van der Waals surface area contributed by atoms with Gasteiger partial charge < -0.3 is 5.11 Å². The van der Waals surface area contributed by atoms with Crippen LogP contribution < -0.4 is 0 Å². The van der Waals surface area contributed by atoms with Crippen molar-refractivity contribution in [3.63, 3.8) is 0 Å². The van der Waals surface area contributed by atoms with Crippen LogP contribution in [0.3, 0.4) is 0 Å². The normalized spacial score (nSPS) is 38.8. The molecule has 0 heterocycles. The van der Waals surface area contributed by atoms with Crippen LogP contribution in [0.4, 0.5) is 0 Å². The van der Waals surface area contributed by atoms with Gasteiger partial charge in [-0.2, -0.15) is 8.42 Å². The SMILES string of the molecule is CC12CCC(C(S(=O)(=O)O)C1=O)C2(C)C.CO. The van der Waals surface area contributed by atoms with E-state index in [4.69, 9.17) is 9.66 Å². The van der Waals surface area contributed by atoms with Gasteiger partial charge in [0.1, 0.15) is 5.25 Å². The Bertz CT molecular complexity index is 425. The summed E-state index contributed by atoms with van der Waals surface area (Å²) in [7, 11) is -3.24. The van der Waals surface area contributed by atoms with Gasteiger partial charge in [-0.3, -0.25) is 9.35 Å². The fourth-order valence-corrected chi connectivity index (χ4v) is 4.77. The van der Waals surface area contributed by atoms with Gasteiger partial charge in [0.25, 0.3) is 10.1 Å². The van der Waals surface area contributed by atoms with Crippen LogP contribution in [-0.4, -0.2) is 36.2 Å². The molecule has 0 aliphatic heterocycles. The molecule has 2 N–H and O–H groups in total. The van der Waals surface area contributed by atoms with Crippen molar-refractivity contribution in [3.05, 3.63) is 0 Å². The van der Waals surface area contributed by atoms with Gasteiger partial charge in [-0.1, -0.05) is 20.8 Å². The summed E-state index contributed by atoms with van der Waals surface area (Å²) in [5.41, 5.74) is -0.914. The Balaban J connectivity index is 0.000000686. The van der Waals surface area contributed by atoms with Crippen LogP contribution in [0.15, 0.2) is 0 Å². The van der Waals surface area contributed by atoms with Crippen LogP contribution >= 0.6 is 0 Å². The molecule has 17 heavy (non-hydrogen) atoms. The minimum Gasteiger partial charge on any atom is -0.400 e. The number of carbonyl (C=O) groups excluding carboxylic acids is 1. The zero-order chi connectivity index (χ0) is 13.6. The van der Waals surface area contributed by atoms with Crippen LogP contribution in [0.25, 0.3) is 0 Å². The van der Waals surface area contributed by atoms with E-state index in [9.17, 15) is 13.2 Å². The maximum atomic E-state index is 12.0. The van der Waals surface area contributed by atoms with E-state index in [1.54, 1.807) is 0 Å². The topological polar surface area (TPSA) is 91.7 Å². The van der Waals surface area contributed by atoms with E-state index >= 15 is 0 Å². The summed E-state index contributed by atoms with van der Waals surface area (Å²) < 4.78 is 31.5. The van der Waals surface area contributed by atoms with Crippen LogP contribution in [-0.2, 0) is 14.9 Å². The van der Waals surface area contributed by atoms with Gasteiger partial charge in [0.2, 0.25) is 0 Å². The average Bonchev–Trinajstić information content (AvgIpc) is 2.51. The Labute approximate surface area is 102 Å². The molecule has 5 nitrogen and oxygen atoms in total. The molecule has 2 rings (SSSR count). The number of ketones is 1. The van der Waals surface area contributed by atoms with Gasteiger partial charge in [0.05, 0.1) is 0 Å². The Morgan fingerprint density at radius 3 is 1.94 bits per heavy atom. The number of rotatable bonds is 1. The molecule has 0 aromatic heterocycles. The monoisotopic (exact) mass is 264 g/mol. The van der Waals surface area contributed by atoms with Crippen molar-refractivity contribution in [2.45, 2.75) is 38.9 Å². The predicted octanol–water partition coefficient (Wildman–Crippen LogP) is 0.877. The number of Topliss-reactive ketones (excluding diaryl/α,β-unsaturated/α-hetero) is 1. The number of hydrogen-bond acceptors (Lipinski definition) is 4. The van der Waals surface area contributed by atoms with E-state index in [2.05, 4.69) is 0 Å². The zero-order valence-corrected chi connectivity index (χ0v) is 11.4. The largest absolute Gasteiger partial charge is 0.400 e. The molecule has 2 aliphatic carbocycles. The van der Waals surface area contributed by atoms with Crippen LogP contribution in [0.1, 0.15) is 33.6 Å². The van der Waals surface area contributed by atoms with Crippen molar-refractivity contribution in [2.75, 3.05) is 7.11 Å². The van der Waals surface area contributed by atoms with Crippen LogP contribution in [0, 0.1) is 16.7 Å². The molecular formula is C11H20O5S. The Hall–Kier alpha value is -0.460. The van der Waals surface area contributed by atoms with E-state index in [-0.39, 0.29) is 17.1 Å². The van der Waals surface area contributed by atoms with Crippen LogP contribution in [0.2, 0.25) is 0 Å². The van der Waals surface area contributed by atoms with Gasteiger partial charge in [-0.05, 0) is 24.2 Å². The summed E-state index contributed by atoms with van der Waals surface area (Å²) in [5, 5.41) is 5.81. The number of carbonyl (C=O) groups is 1. The van der Waals surface area contributed by atoms with E-state index in [1.165, 1.54) is 0 Å². The highest BCUT2D eigenvalue weighted by Crippen LogP contribution is 2.64. The molecular weight excluding hydrogens is 244 g/mol. The maximum Gasteiger partial charge on any atom is 0.275 e. The van der Waals surface area contributed by atoms with Gasteiger partial charge in [0.15, 0.2) is 5.78 Å². The van der Waals surface area contributed by atoms with E-state index in [0.717, 1.165) is 13.5 Å². The van der Waals surface area contributed by atoms with Crippen molar-refractivity contribution in [1.82, 2.24) is 0 Å². The summed E-state index contributed by atoms with van der Waals surface area (Å²) in [6, 6.07) is 0. The lowest BCUT2D eigenvalue weighted by atomic mass is 9.70. The lowest BCUT2D eigenvalue weighted by molar-refractivity contribution is -0.128. The molecule has 0 amide bonds. The third-order valence-electron chi connectivity index (χ3n) is 4.79. The second-order valence-corrected chi connectivity index (χ2v) is 7.04. The van der Waals surface area contributed by atoms with Gasteiger partial charge >= 0.3 is 0 Å². The molecule has 100 valence electrons. The van der Waals surface area contributed by atoms with Crippen LogP contribution in [0.5, 0.6) is 0 Å². The number of aliphatic hydroxyl groups excluding tert-OH is 1. The molecule has 6 heteroatoms. The first-order chi connectivity index (χ1) is 7.62. The molecule has 2 saturated carbocycles. The van der Waals surface area contributed by atoms with E-state index in [1.807, 2.05) is 20.8 Å². The van der Waals surface area contributed by atoms with Crippen molar-refractivity contribution in [3.8, 4) is 0 Å². The fourth-order valence-electron chi connectivity index (χ4n) is 3.35. The highest BCUT2D eigenvalue weighted by atomic mass is 32.2. The lowest BCUT2D eigenvalue weighted by Gasteiger charge is -2.32. The minimum atomic E-state index is -4.24. The van der Waals surface area contributed by atoms with Crippen molar-refractivity contribution < 1.29 is 22.9 Å². The summed E-state index contributed by atoms with van der Waals surface area (Å²) >= 11 is 0. The highest BCUT2D eigenvalue weighted by molar-refractivity contribution is 7.87. The van der Waals surface area contributed by atoms with Gasteiger partial charge in [0, 0.05) is 12.5 Å². The lowest BCUT2D eigenvalue weighted by Crippen LogP contribution is -2.38. The second-order valence-electron chi connectivity index (χ2n) is 5.50. The molecule has 3 atom stereocenters. The summed E-state index contributed by atoms with van der Waals surface area (Å²) in [6.07, 6.45) is 1.44. The summed E-state index contributed by atoms with van der Waals surface area (Å²) in [5.74, 6) is -0.531. The minimum absolute atomic E-state index is 0.231. The van der Waals surface area contributed by atoms with Crippen molar-refractivity contribution in [2.24, 2.45) is 16.7 Å². The van der Waals surface area contributed by atoms with E-state index < -0.39 is 20.8 Å². The first kappa shape index (κ1) is 14.6. The third kappa shape index (κ3) is 1.73. The number of fused-ring (bicyclic) bond motifs is 2. The molecule has 2 fully saturated rings.